The third-order valence-corrected chi connectivity index (χ3v) is 28.9. The Bertz CT molecular complexity index is 5720. The number of nitrogens with zero attached hydrogens (tertiary/aromatic N) is 16. The smallest absolute Gasteiger partial charge is 0.163 e. The van der Waals surface area contributed by atoms with Gasteiger partial charge in [0.25, 0.3) is 0 Å². The number of hydrogen-bond donors (Lipinski definition) is 0. The number of aryl methyl sites for hydroxylation is 8. The second kappa shape index (κ2) is 39.5. The fourth-order valence-electron chi connectivity index (χ4n) is 15.6. The highest BCUT2D eigenvalue weighted by atomic mass is 35.5. The maximum atomic E-state index is 13.3. The van der Waals surface area contributed by atoms with E-state index in [4.69, 9.17) is 66.4 Å². The summed E-state index contributed by atoms with van der Waals surface area (Å²) in [6.45, 7) is 41.2. The second-order valence-corrected chi connectivity index (χ2v) is 41.4. The van der Waals surface area contributed by atoms with Crippen LogP contribution in [-0.2, 0) is 19.2 Å². The maximum absolute atomic E-state index is 13.3. The lowest BCUT2D eigenvalue weighted by Gasteiger charge is -2.18. The van der Waals surface area contributed by atoms with Crippen LogP contribution in [0.3, 0.4) is 0 Å². The van der Waals surface area contributed by atoms with Crippen LogP contribution in [0.25, 0.3) is 20.0 Å². The average molecular weight is 1840 g/mol. The number of aliphatic imine (C=N–C) groups is 4. The summed E-state index contributed by atoms with van der Waals surface area (Å²) in [5.41, 5.74) is 16.5. The summed E-state index contributed by atoms with van der Waals surface area (Å²) < 4.78 is 21.6. The number of thiophene rings is 4. The molecule has 29 heteroatoms. The van der Waals surface area contributed by atoms with Gasteiger partial charge in [0, 0.05) is 135 Å². The third-order valence-electron chi connectivity index (χ3n) is 23.1. The number of rotatable bonds is 23. The molecule has 12 aromatic rings. The molecule has 5 atom stereocenters. The molecule has 654 valence electrons. The Kier molecular flexibility index (Phi) is 29.5. The molecule has 125 heavy (non-hydrogen) atoms. The van der Waals surface area contributed by atoms with Crippen LogP contribution in [0.2, 0.25) is 20.1 Å². The first-order valence-electron chi connectivity index (χ1n) is 42.5. The fraction of sp³-hybridized carbons (Fsp3) is 0.417. The molecule has 0 radical (unpaired) electrons. The summed E-state index contributed by atoms with van der Waals surface area (Å²) in [6, 6.07) is 29.2. The highest BCUT2D eigenvalue weighted by molar-refractivity contribution is 7.16. The number of fused-ring (bicyclic) bond motifs is 12. The second-order valence-electron chi connectivity index (χ2n) is 34.8. The Morgan fingerprint density at radius 1 is 0.344 bits per heavy atom. The van der Waals surface area contributed by atoms with E-state index in [-0.39, 0.29) is 65.9 Å². The van der Waals surface area contributed by atoms with E-state index in [1.54, 1.807) is 45.3 Å². The van der Waals surface area contributed by atoms with Crippen molar-refractivity contribution >= 4 is 138 Å². The van der Waals surface area contributed by atoms with Crippen molar-refractivity contribution in [1.82, 2.24) is 59.1 Å². The van der Waals surface area contributed by atoms with Crippen LogP contribution in [-0.4, -0.2) is 111 Å². The molecular weight excluding hydrogens is 1730 g/mol. The molecule has 4 aliphatic heterocycles. The molecule has 4 aliphatic rings. The minimum atomic E-state index is -1.00. The van der Waals surface area contributed by atoms with Gasteiger partial charge in [-0.2, -0.15) is 0 Å². The first kappa shape index (κ1) is 93.3. The summed E-state index contributed by atoms with van der Waals surface area (Å²) in [5.74, 6) is 7.62. The molecule has 4 aromatic carbocycles. The van der Waals surface area contributed by atoms with Crippen molar-refractivity contribution < 1.29 is 23.6 Å². The maximum Gasteiger partial charge on any atom is 0.163 e. The zero-order valence-corrected chi connectivity index (χ0v) is 80.9. The predicted molar refractivity (Wildman–Crippen MR) is 508 cm³/mol. The van der Waals surface area contributed by atoms with E-state index in [1.165, 1.54) is 43.1 Å². The Balaban J connectivity index is 0.000000143. The highest BCUT2D eigenvalue weighted by Crippen LogP contribution is 2.46. The quantitative estimate of drug-likeness (QED) is 0.0581. The number of aromatic nitrogens is 12. The van der Waals surface area contributed by atoms with E-state index in [9.17, 15) is 23.6 Å². The molecule has 20 nitrogen and oxygen atoms in total. The molecule has 0 aliphatic carbocycles. The van der Waals surface area contributed by atoms with Gasteiger partial charge in [-0.1, -0.05) is 143 Å². The molecule has 0 saturated heterocycles. The van der Waals surface area contributed by atoms with Crippen molar-refractivity contribution in [1.29, 1.82) is 0 Å². The lowest BCUT2D eigenvalue weighted by molar-refractivity contribution is -0.120. The van der Waals surface area contributed by atoms with Gasteiger partial charge in [-0.15, -0.1) is 86.1 Å². The van der Waals surface area contributed by atoms with Gasteiger partial charge in [-0.25, -0.2) is 4.39 Å². The molecule has 0 saturated carbocycles. The van der Waals surface area contributed by atoms with Gasteiger partial charge in [0.1, 0.15) is 90.6 Å². The summed E-state index contributed by atoms with van der Waals surface area (Å²) in [6.07, 6.45) is 4.83. The summed E-state index contributed by atoms with van der Waals surface area (Å²) >= 11 is 31.4. The number of ketones is 4. The largest absolute Gasteiger partial charge is 0.300 e. The molecule has 0 fully saturated rings. The van der Waals surface area contributed by atoms with Crippen molar-refractivity contribution in [2.45, 2.75) is 246 Å². The predicted octanol–water partition coefficient (Wildman–Crippen LogP) is 24.9. The van der Waals surface area contributed by atoms with Crippen molar-refractivity contribution in [2.24, 2.45) is 37.2 Å². The van der Waals surface area contributed by atoms with Crippen LogP contribution >= 0.6 is 91.8 Å². The standard InChI is InChI=1S/C25H29ClN4OS.2C24H27ClN4OS.C23H24ClFN4OS/c1-14-15(2)32-24-21(14)22(17-7-9-18(26)10-8-17)27-20(23-29-28-16(3)30(23)24)13-19(31)11-12-25(4,5)6;2*1-13(2)6-11-19(30)12-20-23-28-27-16(5)29(23)24-21(14(3)15(4)31-24)22(26-20)17-7-9-18(25)10-8-17;1-12(25)5-10-18(30)11-19-22-28-27-15(4)29(22)23-20(13(2)14(3)31-23)21(26-19)16-6-8-17(24)9-7-16/h7-10,20H,11-13H2,1-6H3;2*7-10,13,20H,6,11-12H2,1-5H3;6-9,12,19H,5,10-11H2,1-4H3/t3*20-;12?,19-/m0000/s1. The van der Waals surface area contributed by atoms with E-state index >= 15 is 0 Å². The summed E-state index contributed by atoms with van der Waals surface area (Å²) in [4.78, 5) is 76.7. The monoisotopic (exact) mass is 1830 g/mol. The van der Waals surface area contributed by atoms with E-state index in [0.29, 0.717) is 76.3 Å². The van der Waals surface area contributed by atoms with Crippen LogP contribution in [0, 0.1) is 100 Å². The Labute approximate surface area is 767 Å². The fourth-order valence-corrected chi connectivity index (χ4v) is 20.9. The van der Waals surface area contributed by atoms with E-state index in [1.807, 2.05) is 129 Å². The van der Waals surface area contributed by atoms with Crippen LogP contribution < -0.4 is 0 Å². The Hall–Kier alpha value is -9.31. The van der Waals surface area contributed by atoms with Crippen LogP contribution in [0.5, 0.6) is 0 Å². The van der Waals surface area contributed by atoms with Crippen molar-refractivity contribution in [3.05, 3.63) is 250 Å². The van der Waals surface area contributed by atoms with Crippen molar-refractivity contribution in [3.63, 3.8) is 0 Å². The lowest BCUT2D eigenvalue weighted by Crippen LogP contribution is -2.14. The summed E-state index contributed by atoms with van der Waals surface area (Å²) in [5, 5.41) is 42.0. The van der Waals surface area contributed by atoms with E-state index in [2.05, 4.69) is 158 Å². The van der Waals surface area contributed by atoms with Crippen LogP contribution in [0.4, 0.5) is 4.39 Å². The molecule has 0 spiro atoms. The topological polar surface area (TPSA) is 241 Å². The van der Waals surface area contributed by atoms with E-state index in [0.717, 1.165) is 153 Å². The zero-order valence-electron chi connectivity index (χ0n) is 74.6. The minimum Gasteiger partial charge on any atom is -0.300 e. The lowest BCUT2D eigenvalue weighted by atomic mass is 9.88. The molecular formula is C96H107Cl4FN16O4S4. The molecule has 0 N–H and O–H groups in total. The highest BCUT2D eigenvalue weighted by Gasteiger charge is 2.38. The number of carbonyl (C=O) groups excluding carboxylic acids is 4. The van der Waals surface area contributed by atoms with Crippen molar-refractivity contribution in [2.75, 3.05) is 0 Å². The molecule has 8 aromatic heterocycles. The van der Waals surface area contributed by atoms with Crippen molar-refractivity contribution in [3.8, 4) is 20.0 Å². The Morgan fingerprint density at radius 3 is 0.768 bits per heavy atom. The number of hydrogen-bond acceptors (Lipinski definition) is 20. The van der Waals surface area contributed by atoms with Gasteiger partial charge in [0.15, 0.2) is 23.3 Å². The van der Waals surface area contributed by atoms with Gasteiger partial charge in [0.2, 0.25) is 0 Å². The first-order valence-corrected chi connectivity index (χ1v) is 47.3. The molecule has 12 heterocycles. The number of benzene rings is 4. The average Bonchev–Trinajstić information content (AvgIpc) is 1.61. The van der Waals surface area contributed by atoms with Crippen LogP contribution in [0.15, 0.2) is 117 Å². The van der Waals surface area contributed by atoms with Gasteiger partial charge >= 0.3 is 0 Å². The van der Waals surface area contributed by atoms with Gasteiger partial charge in [0.05, 0.1) is 29.0 Å². The molecule has 16 rings (SSSR count). The third kappa shape index (κ3) is 20.9. The van der Waals surface area contributed by atoms with Gasteiger partial charge in [-0.3, -0.25) is 57.4 Å². The number of halogens is 5. The SMILES string of the molecule is Cc1sc2c(c1C)C(c1ccc(Cl)cc1)=N[C@@H](CC(=O)CCC(C)(C)C)c1nnc(C)n1-2.Cc1sc2c(c1C)C(c1ccc(Cl)cc1)=N[C@@H](CC(=O)CCC(C)C)c1nnc(C)n1-2.Cc1sc2c(c1C)C(c1ccc(Cl)cc1)=N[C@@H](CC(=O)CCC(C)C)c1nnc(C)n1-2.Cc1sc2c(c1C)C(c1ccc(Cl)cc1)=N[C@@H](CC(=O)CCC(C)F)c1nnc(C)n1-2. The summed E-state index contributed by atoms with van der Waals surface area (Å²) in [7, 11) is 0. The number of Topliss-reactive ketones (excluding diaryl/α,β-unsaturated/α-hetero) is 4. The van der Waals surface area contributed by atoms with E-state index < -0.39 is 12.2 Å². The minimum absolute atomic E-state index is 0.0286. The van der Waals surface area contributed by atoms with Crippen LogP contribution in [0.1, 0.15) is 289 Å². The molecule has 0 bridgehead atoms. The normalized spacial score (nSPS) is 15.7. The zero-order chi connectivity index (χ0) is 90.1. The molecule has 0 amide bonds. The van der Waals surface area contributed by atoms with Gasteiger partial charge in [-0.05, 0) is 204 Å². The van der Waals surface area contributed by atoms with Gasteiger partial charge < -0.3 is 0 Å². The first-order chi connectivity index (χ1) is 59.3. The number of alkyl halides is 1. The number of carbonyl (C=O) groups is 4. The Morgan fingerprint density at radius 2 is 0.560 bits per heavy atom. The molecule has 1 unspecified atom stereocenters.